The van der Waals surface area contributed by atoms with Crippen molar-refractivity contribution < 1.29 is 32.6 Å². The second kappa shape index (κ2) is 9.56. The minimum Gasteiger partial charge on any atom is -0.406 e. The number of rotatable bonds is 5. The molecule has 0 radical (unpaired) electrons. The van der Waals surface area contributed by atoms with Crippen molar-refractivity contribution in [1.29, 1.82) is 0 Å². The molecule has 2 aromatic rings. The Balaban J connectivity index is 0.000000534. The fraction of sp³-hybridized carbons (Fsp3) is 0.409. The maximum atomic E-state index is 12.7. The first-order chi connectivity index (χ1) is 14.8. The zero-order valence-electron chi connectivity index (χ0n) is 18.4. The summed E-state index contributed by atoms with van der Waals surface area (Å²) >= 11 is 0. The van der Waals surface area contributed by atoms with Crippen molar-refractivity contribution in [2.24, 2.45) is 0 Å². The second-order valence-electron chi connectivity index (χ2n) is 7.89. The van der Waals surface area contributed by atoms with Crippen LogP contribution in [0, 0.1) is 6.92 Å². The van der Waals surface area contributed by atoms with Crippen molar-refractivity contribution in [2.75, 3.05) is 12.4 Å². The highest BCUT2D eigenvalue weighted by Gasteiger charge is 2.34. The van der Waals surface area contributed by atoms with Crippen LogP contribution in [-0.2, 0) is 11.3 Å². The minimum absolute atomic E-state index is 0.125. The van der Waals surface area contributed by atoms with Crippen LogP contribution in [0.5, 0.6) is 5.75 Å². The molecule has 0 saturated heterocycles. The third-order valence-corrected chi connectivity index (χ3v) is 4.78. The number of aldehydes is 1. The van der Waals surface area contributed by atoms with E-state index in [2.05, 4.69) is 15.0 Å². The van der Waals surface area contributed by atoms with Crippen molar-refractivity contribution in [3.05, 3.63) is 52.7 Å². The summed E-state index contributed by atoms with van der Waals surface area (Å²) in [7, 11) is 1.74. The number of carbonyl (C=O) groups is 2. The van der Waals surface area contributed by atoms with E-state index in [0.717, 1.165) is 11.1 Å². The molecule has 7 nitrogen and oxygen atoms in total. The lowest BCUT2D eigenvalue weighted by Gasteiger charge is -2.25. The lowest BCUT2D eigenvalue weighted by atomic mass is 10.0. The SMILES string of the molecule is CC(C)(O)C=O.CNc1nccc2c1CN(C(C)c1ccc(OC(F)(F)F)c(C)c1)C2=O. The van der Waals surface area contributed by atoms with E-state index in [-0.39, 0.29) is 17.7 Å². The van der Waals surface area contributed by atoms with E-state index in [0.29, 0.717) is 29.8 Å². The number of benzene rings is 1. The third-order valence-electron chi connectivity index (χ3n) is 4.78. The highest BCUT2D eigenvalue weighted by molar-refractivity contribution is 5.99. The van der Waals surface area contributed by atoms with Crippen molar-refractivity contribution in [3.63, 3.8) is 0 Å². The van der Waals surface area contributed by atoms with Crippen LogP contribution in [0.2, 0.25) is 0 Å². The first-order valence-electron chi connectivity index (χ1n) is 9.79. The summed E-state index contributed by atoms with van der Waals surface area (Å²) in [6, 6.07) is 5.81. The number of carbonyl (C=O) groups excluding carboxylic acids is 2. The monoisotopic (exact) mass is 453 g/mol. The predicted octanol–water partition coefficient (Wildman–Crippen LogP) is 4.00. The number of halogens is 3. The molecular formula is C22H26F3N3O4. The Bertz CT molecular complexity index is 987. The maximum Gasteiger partial charge on any atom is 0.573 e. The van der Waals surface area contributed by atoms with Crippen molar-refractivity contribution in [2.45, 2.75) is 52.2 Å². The van der Waals surface area contributed by atoms with E-state index in [4.69, 9.17) is 5.11 Å². The van der Waals surface area contributed by atoms with Gasteiger partial charge in [-0.05, 0) is 51.0 Å². The summed E-state index contributed by atoms with van der Waals surface area (Å²) in [5.74, 6) is 0.279. The number of aliphatic hydroxyl groups is 1. The molecule has 0 bridgehead atoms. The van der Waals surface area contributed by atoms with Gasteiger partial charge in [0.2, 0.25) is 0 Å². The van der Waals surface area contributed by atoms with Gasteiger partial charge in [-0.1, -0.05) is 12.1 Å². The minimum atomic E-state index is -4.74. The number of hydrogen-bond donors (Lipinski definition) is 2. The zero-order chi connectivity index (χ0) is 24.3. The normalized spacial score (nSPS) is 14.3. The Morgan fingerprint density at radius 3 is 2.41 bits per heavy atom. The lowest BCUT2D eigenvalue weighted by molar-refractivity contribution is -0.274. The summed E-state index contributed by atoms with van der Waals surface area (Å²) in [5.41, 5.74) is 1.36. The molecule has 1 atom stereocenters. The van der Waals surface area contributed by atoms with E-state index in [1.54, 1.807) is 43.3 Å². The summed E-state index contributed by atoms with van der Waals surface area (Å²) in [6.45, 7) is 6.63. The number of alkyl halides is 3. The molecular weight excluding hydrogens is 427 g/mol. The standard InChI is InChI=1S/C18H18F3N3O2.C4H8O2/c1-10-8-12(4-5-15(10)26-18(19,20)21)11(2)24-9-14-13(17(24)25)6-7-23-16(14)22-3;1-4(2,6)3-5/h4-8,11H,9H2,1-3H3,(H,22,23);3,6H,1-2H3. The summed E-state index contributed by atoms with van der Waals surface area (Å²) in [5, 5.41) is 11.4. The van der Waals surface area contributed by atoms with E-state index in [9.17, 15) is 22.8 Å². The van der Waals surface area contributed by atoms with Gasteiger partial charge in [-0.2, -0.15) is 0 Å². The molecule has 1 amide bonds. The molecule has 1 aromatic carbocycles. The van der Waals surface area contributed by atoms with Crippen LogP contribution in [0.3, 0.4) is 0 Å². The number of pyridine rings is 1. The fourth-order valence-corrected chi connectivity index (χ4v) is 3.13. The molecule has 1 unspecified atom stereocenters. The van der Waals surface area contributed by atoms with Gasteiger partial charge in [0.25, 0.3) is 5.91 Å². The molecule has 1 aliphatic rings. The number of aromatic nitrogens is 1. The number of anilines is 1. The van der Waals surface area contributed by atoms with Crippen molar-refractivity contribution >= 4 is 18.0 Å². The molecule has 0 saturated carbocycles. The van der Waals surface area contributed by atoms with Crippen LogP contribution >= 0.6 is 0 Å². The Morgan fingerprint density at radius 2 is 1.91 bits per heavy atom. The third kappa shape index (κ3) is 6.19. The van der Waals surface area contributed by atoms with E-state index in [1.165, 1.54) is 19.9 Å². The highest BCUT2D eigenvalue weighted by atomic mass is 19.4. The molecule has 1 aromatic heterocycles. The van der Waals surface area contributed by atoms with Gasteiger partial charge in [-0.3, -0.25) is 4.79 Å². The quantitative estimate of drug-likeness (QED) is 0.665. The van der Waals surface area contributed by atoms with E-state index in [1.807, 2.05) is 6.92 Å². The molecule has 3 rings (SSSR count). The molecule has 2 N–H and O–H groups in total. The molecule has 32 heavy (non-hydrogen) atoms. The van der Waals surface area contributed by atoms with Gasteiger partial charge in [-0.25, -0.2) is 4.98 Å². The fourth-order valence-electron chi connectivity index (χ4n) is 3.13. The Hall–Kier alpha value is -3.14. The van der Waals surface area contributed by atoms with Crippen LogP contribution in [0.25, 0.3) is 0 Å². The number of hydrogen-bond acceptors (Lipinski definition) is 6. The molecule has 2 heterocycles. The van der Waals surface area contributed by atoms with Gasteiger partial charge in [0.05, 0.1) is 12.6 Å². The van der Waals surface area contributed by atoms with Crippen LogP contribution in [0.1, 0.15) is 53.9 Å². The van der Waals surface area contributed by atoms with E-state index < -0.39 is 12.0 Å². The first kappa shape index (κ1) is 25.1. The average Bonchev–Trinajstić information content (AvgIpc) is 3.05. The number of nitrogens with zero attached hydrogens (tertiary/aromatic N) is 2. The molecule has 0 spiro atoms. The largest absolute Gasteiger partial charge is 0.573 e. The Kier molecular flexibility index (Phi) is 7.50. The van der Waals surface area contributed by atoms with Crippen molar-refractivity contribution in [1.82, 2.24) is 9.88 Å². The van der Waals surface area contributed by atoms with Crippen LogP contribution in [0.4, 0.5) is 19.0 Å². The number of amides is 1. The molecule has 0 fully saturated rings. The number of fused-ring (bicyclic) bond motifs is 1. The van der Waals surface area contributed by atoms with Gasteiger partial charge < -0.3 is 24.9 Å². The van der Waals surface area contributed by atoms with Gasteiger partial charge in [0.1, 0.15) is 17.2 Å². The van der Waals surface area contributed by atoms with Gasteiger partial charge >= 0.3 is 6.36 Å². The Morgan fingerprint density at radius 1 is 1.28 bits per heavy atom. The zero-order valence-corrected chi connectivity index (χ0v) is 18.4. The van der Waals surface area contributed by atoms with Crippen LogP contribution in [0.15, 0.2) is 30.5 Å². The van der Waals surface area contributed by atoms with Crippen molar-refractivity contribution in [3.8, 4) is 5.75 Å². The Labute approximate surface area is 184 Å². The lowest BCUT2D eigenvalue weighted by Crippen LogP contribution is -2.27. The van der Waals surface area contributed by atoms with Gasteiger partial charge in [0, 0.05) is 24.4 Å². The van der Waals surface area contributed by atoms with Crippen LogP contribution < -0.4 is 10.1 Å². The number of nitrogens with one attached hydrogen (secondary N) is 1. The van der Waals surface area contributed by atoms with Gasteiger partial charge in [-0.15, -0.1) is 13.2 Å². The first-order valence-corrected chi connectivity index (χ1v) is 9.79. The summed E-state index contributed by atoms with van der Waals surface area (Å²) in [6.07, 6.45) is -2.67. The summed E-state index contributed by atoms with van der Waals surface area (Å²) < 4.78 is 41.2. The van der Waals surface area contributed by atoms with E-state index >= 15 is 0 Å². The molecule has 174 valence electrons. The number of aryl methyl sites for hydroxylation is 1. The maximum absolute atomic E-state index is 12.7. The van der Waals surface area contributed by atoms with Gasteiger partial charge in [0.15, 0.2) is 6.29 Å². The van der Waals surface area contributed by atoms with Crippen LogP contribution in [-0.4, -0.2) is 46.2 Å². The smallest absolute Gasteiger partial charge is 0.406 e. The molecule has 10 heteroatoms. The molecule has 0 aliphatic carbocycles. The second-order valence-corrected chi connectivity index (χ2v) is 7.89. The molecule has 1 aliphatic heterocycles. The summed E-state index contributed by atoms with van der Waals surface area (Å²) in [4.78, 5) is 28.2. The average molecular weight is 453 g/mol. The topological polar surface area (TPSA) is 91.8 Å². The highest BCUT2D eigenvalue weighted by Crippen LogP contribution is 2.35. The predicted molar refractivity (Wildman–Crippen MR) is 112 cm³/mol. The number of ether oxygens (including phenoxy) is 1.